The number of nitrogens with one attached hydrogen (secondary N) is 2. The summed E-state index contributed by atoms with van der Waals surface area (Å²) in [6.07, 6.45) is 1.02. The molecule has 3 rings (SSSR count). The zero-order valence-electron chi connectivity index (χ0n) is 15.0. The highest BCUT2D eigenvalue weighted by Crippen LogP contribution is 2.23. The Morgan fingerprint density at radius 2 is 1.38 bits per heavy atom. The van der Waals surface area contributed by atoms with Crippen LogP contribution < -0.4 is 10.6 Å². The van der Waals surface area contributed by atoms with Gasteiger partial charge in [0.25, 0.3) is 0 Å². The molecular formula is C21H26N2O3. The molecule has 138 valence electrons. The molecule has 2 aromatic rings. The molecule has 1 aliphatic heterocycles. The van der Waals surface area contributed by atoms with Crippen LogP contribution in [-0.2, 0) is 17.6 Å². The third-order valence-corrected chi connectivity index (χ3v) is 5.05. The van der Waals surface area contributed by atoms with Gasteiger partial charge in [-0.1, -0.05) is 60.7 Å². The number of carbonyl (C=O) groups is 1. The average molecular weight is 354 g/mol. The van der Waals surface area contributed by atoms with Crippen LogP contribution in [0.5, 0.6) is 0 Å². The molecule has 5 heteroatoms. The minimum absolute atomic E-state index is 0.0523. The zero-order chi connectivity index (χ0) is 18.4. The van der Waals surface area contributed by atoms with Gasteiger partial charge in [-0.3, -0.25) is 0 Å². The maximum Gasteiger partial charge on any atom is 0.315 e. The smallest absolute Gasteiger partial charge is 0.315 e. The van der Waals surface area contributed by atoms with E-state index in [1.54, 1.807) is 7.11 Å². The van der Waals surface area contributed by atoms with E-state index in [0.717, 1.165) is 11.1 Å². The molecule has 1 aliphatic rings. The number of rotatable bonds is 6. The standard InChI is InChI=1S/C21H26N2O3/c1-26-20-17(14-24)18(12-15-8-4-2-5-9-15)22-21(25)23-19(20)13-16-10-6-3-7-11-16/h2-11,17-20,24H,12-14H2,1H3,(H2,22,23,25)/t17-,18+,19+,20+/m0/s1. The van der Waals surface area contributed by atoms with Crippen molar-refractivity contribution in [3.05, 3.63) is 71.8 Å². The number of urea groups is 1. The first-order valence-electron chi connectivity index (χ1n) is 8.99. The molecule has 1 heterocycles. The van der Waals surface area contributed by atoms with Gasteiger partial charge in [0, 0.05) is 19.1 Å². The zero-order valence-corrected chi connectivity index (χ0v) is 15.0. The molecule has 1 fully saturated rings. The number of methoxy groups -OCH3 is 1. The van der Waals surface area contributed by atoms with Crippen LogP contribution in [0.1, 0.15) is 11.1 Å². The maximum absolute atomic E-state index is 12.4. The summed E-state index contributed by atoms with van der Waals surface area (Å²) in [6, 6.07) is 19.4. The Bertz CT molecular complexity index is 633. The van der Waals surface area contributed by atoms with Crippen molar-refractivity contribution >= 4 is 6.03 Å². The molecule has 3 N–H and O–H groups in total. The number of amides is 2. The SMILES string of the molecule is CO[C@@H]1[C@@H](CO)[C@@H](Cc2ccccc2)NC(=O)N[C@@H]1Cc1ccccc1. The van der Waals surface area contributed by atoms with E-state index in [4.69, 9.17) is 4.74 Å². The molecule has 0 bridgehead atoms. The van der Waals surface area contributed by atoms with Crippen molar-refractivity contribution < 1.29 is 14.6 Å². The van der Waals surface area contributed by atoms with Crippen LogP contribution >= 0.6 is 0 Å². The first kappa shape index (κ1) is 18.4. The summed E-state index contributed by atoms with van der Waals surface area (Å²) >= 11 is 0. The summed E-state index contributed by atoms with van der Waals surface area (Å²) in [5, 5.41) is 16.1. The lowest BCUT2D eigenvalue weighted by Crippen LogP contribution is -2.48. The van der Waals surface area contributed by atoms with E-state index in [9.17, 15) is 9.90 Å². The van der Waals surface area contributed by atoms with Crippen LogP contribution in [0.4, 0.5) is 4.79 Å². The van der Waals surface area contributed by atoms with E-state index >= 15 is 0 Å². The minimum atomic E-state index is -0.284. The van der Waals surface area contributed by atoms with Gasteiger partial charge in [0.2, 0.25) is 0 Å². The largest absolute Gasteiger partial charge is 0.396 e. The van der Waals surface area contributed by atoms with Crippen LogP contribution in [0.15, 0.2) is 60.7 Å². The van der Waals surface area contributed by atoms with Gasteiger partial charge in [-0.25, -0.2) is 4.79 Å². The van der Waals surface area contributed by atoms with Crippen LogP contribution in [0.3, 0.4) is 0 Å². The van der Waals surface area contributed by atoms with E-state index in [-0.39, 0.29) is 36.7 Å². The molecule has 5 nitrogen and oxygen atoms in total. The predicted molar refractivity (Wildman–Crippen MR) is 101 cm³/mol. The molecule has 0 aliphatic carbocycles. The third-order valence-electron chi connectivity index (χ3n) is 5.05. The molecule has 26 heavy (non-hydrogen) atoms. The number of hydrogen-bond acceptors (Lipinski definition) is 3. The summed E-state index contributed by atoms with van der Waals surface area (Å²) in [6.45, 7) is -0.0523. The van der Waals surface area contributed by atoms with Gasteiger partial charge in [-0.2, -0.15) is 0 Å². The van der Waals surface area contributed by atoms with E-state index < -0.39 is 0 Å². The van der Waals surface area contributed by atoms with Crippen molar-refractivity contribution in [3.63, 3.8) is 0 Å². The lowest BCUT2D eigenvalue weighted by atomic mass is 9.85. The van der Waals surface area contributed by atoms with Gasteiger partial charge in [0.15, 0.2) is 0 Å². The van der Waals surface area contributed by atoms with Gasteiger partial charge < -0.3 is 20.5 Å². The Hall–Kier alpha value is -2.37. The molecule has 0 aromatic heterocycles. The predicted octanol–water partition coefficient (Wildman–Crippen LogP) is 2.15. The highest BCUT2D eigenvalue weighted by Gasteiger charge is 2.39. The van der Waals surface area contributed by atoms with Gasteiger partial charge in [-0.15, -0.1) is 0 Å². The first-order chi connectivity index (χ1) is 12.7. The lowest BCUT2D eigenvalue weighted by molar-refractivity contribution is -0.00299. The van der Waals surface area contributed by atoms with Gasteiger partial charge in [0.1, 0.15) is 0 Å². The Morgan fingerprint density at radius 1 is 0.885 bits per heavy atom. The molecule has 1 saturated heterocycles. The third kappa shape index (κ3) is 4.42. The summed E-state index contributed by atoms with van der Waals surface area (Å²) in [4.78, 5) is 12.4. The first-order valence-corrected chi connectivity index (χ1v) is 8.99. The van der Waals surface area contributed by atoms with Crippen molar-refractivity contribution in [2.75, 3.05) is 13.7 Å². The quantitative estimate of drug-likeness (QED) is 0.744. The summed E-state index contributed by atoms with van der Waals surface area (Å²) < 4.78 is 5.76. The monoisotopic (exact) mass is 354 g/mol. The fraction of sp³-hybridized carbons (Fsp3) is 0.381. The van der Waals surface area contributed by atoms with Gasteiger partial charge >= 0.3 is 6.03 Å². The summed E-state index contributed by atoms with van der Waals surface area (Å²) in [5.41, 5.74) is 2.24. The van der Waals surface area contributed by atoms with Crippen LogP contribution in [-0.4, -0.2) is 43.0 Å². The molecule has 2 aromatic carbocycles. The highest BCUT2D eigenvalue weighted by molar-refractivity contribution is 5.75. The second-order valence-electron chi connectivity index (χ2n) is 6.76. The second kappa shape index (κ2) is 8.83. The van der Waals surface area contributed by atoms with Gasteiger partial charge in [-0.05, 0) is 24.0 Å². The Kier molecular flexibility index (Phi) is 6.26. The van der Waals surface area contributed by atoms with Crippen LogP contribution in [0.2, 0.25) is 0 Å². The van der Waals surface area contributed by atoms with Crippen molar-refractivity contribution in [1.29, 1.82) is 0 Å². The van der Waals surface area contributed by atoms with Crippen molar-refractivity contribution in [1.82, 2.24) is 10.6 Å². The Labute approximate surface area is 154 Å². The van der Waals surface area contributed by atoms with Crippen molar-refractivity contribution in [2.45, 2.75) is 31.0 Å². The average Bonchev–Trinajstić information content (AvgIpc) is 2.78. The van der Waals surface area contributed by atoms with Crippen LogP contribution in [0, 0.1) is 5.92 Å². The molecule has 2 amide bonds. The normalized spacial score (nSPS) is 25.8. The molecule has 0 radical (unpaired) electrons. The Morgan fingerprint density at radius 3 is 1.88 bits per heavy atom. The van der Waals surface area contributed by atoms with Crippen molar-refractivity contribution in [2.24, 2.45) is 5.92 Å². The fourth-order valence-corrected chi connectivity index (χ4v) is 3.77. The van der Waals surface area contributed by atoms with E-state index in [0.29, 0.717) is 12.8 Å². The number of aliphatic hydroxyl groups excluding tert-OH is 1. The number of aliphatic hydroxyl groups is 1. The maximum atomic E-state index is 12.4. The second-order valence-corrected chi connectivity index (χ2v) is 6.76. The fourth-order valence-electron chi connectivity index (χ4n) is 3.77. The Balaban J connectivity index is 1.82. The van der Waals surface area contributed by atoms with Crippen molar-refractivity contribution in [3.8, 4) is 0 Å². The molecule has 0 spiro atoms. The summed E-state index contributed by atoms with van der Waals surface area (Å²) in [7, 11) is 1.64. The molecule has 4 atom stereocenters. The van der Waals surface area contributed by atoms with E-state index in [1.165, 1.54) is 0 Å². The number of ether oxygens (including phenoxy) is 1. The number of hydrogen-bond donors (Lipinski definition) is 3. The minimum Gasteiger partial charge on any atom is -0.396 e. The van der Waals surface area contributed by atoms with Gasteiger partial charge in [0.05, 0.1) is 18.8 Å². The highest BCUT2D eigenvalue weighted by atomic mass is 16.5. The molecular weight excluding hydrogens is 328 g/mol. The molecule has 0 saturated carbocycles. The van der Waals surface area contributed by atoms with E-state index in [2.05, 4.69) is 10.6 Å². The topological polar surface area (TPSA) is 70.6 Å². The number of carbonyl (C=O) groups excluding carboxylic acids is 1. The lowest BCUT2D eigenvalue weighted by Gasteiger charge is -2.32. The number of benzene rings is 2. The van der Waals surface area contributed by atoms with E-state index in [1.807, 2.05) is 60.7 Å². The molecule has 0 unspecified atom stereocenters. The van der Waals surface area contributed by atoms with Crippen LogP contribution in [0.25, 0.3) is 0 Å². The summed E-state index contributed by atoms with van der Waals surface area (Å²) in [5.74, 6) is -0.201.